The third-order valence-electron chi connectivity index (χ3n) is 3.42. The predicted octanol–water partition coefficient (Wildman–Crippen LogP) is 1.62. The molecule has 1 fully saturated rings. The summed E-state index contributed by atoms with van der Waals surface area (Å²) >= 11 is 4.92. The lowest BCUT2D eigenvalue weighted by atomic mass is 9.92. The van der Waals surface area contributed by atoms with Crippen molar-refractivity contribution in [3.63, 3.8) is 0 Å². The van der Waals surface area contributed by atoms with E-state index in [0.717, 1.165) is 12.8 Å². The molecule has 0 aromatic heterocycles. The van der Waals surface area contributed by atoms with E-state index in [9.17, 15) is 4.79 Å². The maximum absolute atomic E-state index is 12.3. The summed E-state index contributed by atoms with van der Waals surface area (Å²) in [6, 6.07) is 7.07. The first-order chi connectivity index (χ1) is 9.00. The lowest BCUT2D eigenvalue weighted by molar-refractivity contribution is 0.0423. The van der Waals surface area contributed by atoms with Gasteiger partial charge in [0.1, 0.15) is 4.99 Å². The first-order valence-electron chi connectivity index (χ1n) is 6.30. The van der Waals surface area contributed by atoms with Crippen LogP contribution in [0.1, 0.15) is 35.7 Å². The van der Waals surface area contributed by atoms with Gasteiger partial charge in [0, 0.05) is 29.9 Å². The van der Waals surface area contributed by atoms with Crippen molar-refractivity contribution in [2.24, 2.45) is 5.73 Å². The first-order valence-corrected chi connectivity index (χ1v) is 6.71. The number of nitrogens with two attached hydrogens (primary N) is 1. The quantitative estimate of drug-likeness (QED) is 0.825. The molecule has 1 aromatic carbocycles. The second kappa shape index (κ2) is 5.67. The molecule has 19 heavy (non-hydrogen) atoms. The average molecular weight is 278 g/mol. The monoisotopic (exact) mass is 278 g/mol. The van der Waals surface area contributed by atoms with Crippen LogP contribution < -0.4 is 11.1 Å². The van der Waals surface area contributed by atoms with Gasteiger partial charge >= 0.3 is 0 Å². The zero-order chi connectivity index (χ0) is 13.9. The van der Waals surface area contributed by atoms with E-state index in [4.69, 9.17) is 22.7 Å². The highest BCUT2D eigenvalue weighted by atomic mass is 32.1. The van der Waals surface area contributed by atoms with E-state index in [1.807, 2.05) is 6.92 Å². The third kappa shape index (κ3) is 3.52. The summed E-state index contributed by atoms with van der Waals surface area (Å²) in [5.74, 6) is -0.0949. The number of rotatable bonds is 3. The molecule has 0 unspecified atom stereocenters. The highest BCUT2D eigenvalue weighted by Gasteiger charge is 2.29. The molecular weight excluding hydrogens is 260 g/mol. The van der Waals surface area contributed by atoms with Crippen LogP contribution >= 0.6 is 12.2 Å². The number of benzene rings is 1. The summed E-state index contributed by atoms with van der Waals surface area (Å²) in [4.78, 5) is 12.6. The molecule has 1 aliphatic heterocycles. The SMILES string of the molecule is CC1(NC(=O)c2cccc(C(N)=S)c2)CCOCC1. The van der Waals surface area contributed by atoms with E-state index in [-0.39, 0.29) is 11.4 Å². The zero-order valence-electron chi connectivity index (χ0n) is 10.9. The minimum absolute atomic E-state index is 0.0949. The van der Waals surface area contributed by atoms with Crippen molar-refractivity contribution in [3.05, 3.63) is 35.4 Å². The highest BCUT2D eigenvalue weighted by molar-refractivity contribution is 7.80. The van der Waals surface area contributed by atoms with E-state index < -0.39 is 0 Å². The van der Waals surface area contributed by atoms with Gasteiger partial charge < -0.3 is 15.8 Å². The van der Waals surface area contributed by atoms with Gasteiger partial charge in [-0.25, -0.2) is 0 Å². The van der Waals surface area contributed by atoms with Crippen molar-refractivity contribution < 1.29 is 9.53 Å². The Hall–Kier alpha value is -1.46. The zero-order valence-corrected chi connectivity index (χ0v) is 11.8. The fourth-order valence-electron chi connectivity index (χ4n) is 2.11. The Morgan fingerprint density at radius 3 is 2.63 bits per heavy atom. The van der Waals surface area contributed by atoms with Gasteiger partial charge in [-0.1, -0.05) is 24.4 Å². The van der Waals surface area contributed by atoms with Gasteiger partial charge in [-0.3, -0.25) is 4.79 Å². The van der Waals surface area contributed by atoms with E-state index in [1.165, 1.54) is 0 Å². The van der Waals surface area contributed by atoms with Gasteiger partial charge in [-0.05, 0) is 31.9 Å². The van der Waals surface area contributed by atoms with Crippen molar-refractivity contribution in [3.8, 4) is 0 Å². The minimum atomic E-state index is -0.200. The summed E-state index contributed by atoms with van der Waals surface area (Å²) < 4.78 is 5.32. The van der Waals surface area contributed by atoms with Crippen LogP contribution in [-0.4, -0.2) is 29.6 Å². The fourth-order valence-corrected chi connectivity index (χ4v) is 2.23. The summed E-state index contributed by atoms with van der Waals surface area (Å²) in [6.45, 7) is 3.41. The number of thiocarbonyl (C=S) groups is 1. The van der Waals surface area contributed by atoms with E-state index in [2.05, 4.69) is 5.32 Å². The molecule has 1 heterocycles. The molecule has 3 N–H and O–H groups in total. The number of nitrogens with one attached hydrogen (secondary N) is 1. The number of carbonyl (C=O) groups is 1. The van der Waals surface area contributed by atoms with Crippen molar-refractivity contribution in [2.45, 2.75) is 25.3 Å². The molecule has 1 aromatic rings. The van der Waals surface area contributed by atoms with Gasteiger partial charge in [0.15, 0.2) is 0 Å². The molecule has 0 bridgehead atoms. The molecular formula is C14H18N2O2S. The topological polar surface area (TPSA) is 64.4 Å². The number of amides is 1. The molecule has 0 aliphatic carbocycles. The van der Waals surface area contributed by atoms with Crippen molar-refractivity contribution in [1.82, 2.24) is 5.32 Å². The minimum Gasteiger partial charge on any atom is -0.389 e. The van der Waals surface area contributed by atoms with Crippen LogP contribution in [0.4, 0.5) is 0 Å². The van der Waals surface area contributed by atoms with Crippen LogP contribution in [0.2, 0.25) is 0 Å². The summed E-state index contributed by atoms with van der Waals surface area (Å²) in [7, 11) is 0. The smallest absolute Gasteiger partial charge is 0.251 e. The Morgan fingerprint density at radius 2 is 2.00 bits per heavy atom. The molecule has 2 rings (SSSR count). The number of hydrogen-bond acceptors (Lipinski definition) is 3. The Morgan fingerprint density at radius 1 is 1.37 bits per heavy atom. The van der Waals surface area contributed by atoms with Crippen LogP contribution in [0.5, 0.6) is 0 Å². The third-order valence-corrected chi connectivity index (χ3v) is 3.66. The Labute approximate surface area is 118 Å². The lowest BCUT2D eigenvalue weighted by Crippen LogP contribution is -2.49. The van der Waals surface area contributed by atoms with Crippen LogP contribution in [-0.2, 0) is 4.74 Å². The molecule has 0 radical (unpaired) electrons. The van der Waals surface area contributed by atoms with E-state index in [0.29, 0.717) is 29.3 Å². The lowest BCUT2D eigenvalue weighted by Gasteiger charge is -2.34. The van der Waals surface area contributed by atoms with E-state index in [1.54, 1.807) is 24.3 Å². The Balaban J connectivity index is 2.11. The standard InChI is InChI=1S/C14H18N2O2S/c1-14(5-7-18-8-6-14)16-13(17)11-4-2-3-10(9-11)12(15)19/h2-4,9H,5-8H2,1H3,(H2,15,19)(H,16,17). The molecule has 0 spiro atoms. The second-order valence-electron chi connectivity index (χ2n) is 5.07. The molecule has 4 nitrogen and oxygen atoms in total. The number of hydrogen-bond donors (Lipinski definition) is 2. The van der Waals surface area contributed by atoms with Crippen molar-refractivity contribution in [1.29, 1.82) is 0 Å². The Bertz CT molecular complexity index is 496. The first kappa shape index (κ1) is 14.0. The summed E-state index contributed by atoms with van der Waals surface area (Å²) in [5, 5.41) is 3.07. The molecule has 102 valence electrons. The van der Waals surface area contributed by atoms with Crippen LogP contribution in [0.15, 0.2) is 24.3 Å². The van der Waals surface area contributed by atoms with Gasteiger partial charge in [-0.15, -0.1) is 0 Å². The van der Waals surface area contributed by atoms with Crippen LogP contribution in [0, 0.1) is 0 Å². The summed E-state index contributed by atoms with van der Waals surface area (Å²) in [5.41, 5.74) is 6.67. The van der Waals surface area contributed by atoms with E-state index >= 15 is 0 Å². The normalized spacial score (nSPS) is 17.7. The summed E-state index contributed by atoms with van der Waals surface area (Å²) in [6.07, 6.45) is 1.65. The molecule has 0 atom stereocenters. The van der Waals surface area contributed by atoms with Crippen LogP contribution in [0.3, 0.4) is 0 Å². The van der Waals surface area contributed by atoms with Crippen molar-refractivity contribution >= 4 is 23.1 Å². The largest absolute Gasteiger partial charge is 0.389 e. The molecule has 1 aliphatic rings. The second-order valence-corrected chi connectivity index (χ2v) is 5.51. The number of ether oxygens (including phenoxy) is 1. The van der Waals surface area contributed by atoms with Gasteiger partial charge in [-0.2, -0.15) is 0 Å². The maximum atomic E-state index is 12.3. The van der Waals surface area contributed by atoms with Gasteiger partial charge in [0.25, 0.3) is 5.91 Å². The predicted molar refractivity (Wildman–Crippen MR) is 78.3 cm³/mol. The Kier molecular flexibility index (Phi) is 4.17. The molecule has 1 amide bonds. The maximum Gasteiger partial charge on any atom is 0.251 e. The van der Waals surface area contributed by atoms with Gasteiger partial charge in [0.05, 0.1) is 0 Å². The van der Waals surface area contributed by atoms with Gasteiger partial charge in [0.2, 0.25) is 0 Å². The molecule has 0 saturated carbocycles. The van der Waals surface area contributed by atoms with Crippen LogP contribution in [0.25, 0.3) is 0 Å². The average Bonchev–Trinajstić information content (AvgIpc) is 2.39. The fraction of sp³-hybridized carbons (Fsp3) is 0.429. The number of carbonyl (C=O) groups excluding carboxylic acids is 1. The molecule has 5 heteroatoms. The molecule has 1 saturated heterocycles. The highest BCUT2D eigenvalue weighted by Crippen LogP contribution is 2.20. The van der Waals surface area contributed by atoms with Crippen molar-refractivity contribution in [2.75, 3.05) is 13.2 Å².